The van der Waals surface area contributed by atoms with Crippen molar-refractivity contribution < 1.29 is 14.3 Å². The third-order valence-corrected chi connectivity index (χ3v) is 8.70. The zero-order valence-corrected chi connectivity index (χ0v) is 26.3. The van der Waals surface area contributed by atoms with Crippen LogP contribution in [0.5, 0.6) is 0 Å². The van der Waals surface area contributed by atoms with Crippen molar-refractivity contribution in [3.63, 3.8) is 0 Å². The van der Waals surface area contributed by atoms with Crippen molar-refractivity contribution in [2.24, 2.45) is 5.92 Å². The minimum absolute atomic E-state index is 0.165. The number of ether oxygens (including phenoxy) is 2. The highest BCUT2D eigenvalue weighted by Gasteiger charge is 2.29. The van der Waals surface area contributed by atoms with Gasteiger partial charge < -0.3 is 24.7 Å². The zero-order chi connectivity index (χ0) is 30.2. The molecule has 0 bridgehead atoms. The lowest BCUT2D eigenvalue weighted by molar-refractivity contribution is -0.0719. The first kappa shape index (κ1) is 31.8. The first-order valence-corrected chi connectivity index (χ1v) is 15.5. The second kappa shape index (κ2) is 14.9. The number of hydrogen-bond donors (Lipinski definition) is 2. The van der Waals surface area contributed by atoms with Crippen LogP contribution < -0.4 is 15.8 Å². The zero-order valence-electron chi connectivity index (χ0n) is 26.3. The van der Waals surface area contributed by atoms with Crippen LogP contribution in [-0.4, -0.2) is 73.9 Å². The van der Waals surface area contributed by atoms with Crippen molar-refractivity contribution in [3.05, 3.63) is 62.1 Å². The minimum Gasteiger partial charge on any atom is -0.382 e. The van der Waals surface area contributed by atoms with Crippen LogP contribution >= 0.6 is 0 Å². The number of amides is 1. The average Bonchev–Trinajstić information content (AvgIpc) is 2.92. The molecule has 3 heterocycles. The molecule has 8 nitrogen and oxygen atoms in total. The minimum atomic E-state index is -0.203. The monoisotopic (exact) mass is 576 g/mol. The number of nitrogens with one attached hydrogen (secondary N) is 2. The highest BCUT2D eigenvalue weighted by Crippen LogP contribution is 2.29. The maximum Gasteiger partial charge on any atom is 0.253 e. The highest BCUT2D eigenvalue weighted by atomic mass is 16.5. The molecule has 0 saturated carbocycles. The summed E-state index contributed by atoms with van der Waals surface area (Å²) >= 11 is 0. The number of rotatable bonds is 11. The highest BCUT2D eigenvalue weighted by molar-refractivity contribution is 5.97. The molecule has 0 radical (unpaired) electrons. The summed E-state index contributed by atoms with van der Waals surface area (Å²) in [5.74, 6) is 7.10. The predicted octanol–water partition coefficient (Wildman–Crippen LogP) is 4.33. The van der Waals surface area contributed by atoms with Crippen molar-refractivity contribution in [2.75, 3.05) is 51.0 Å². The normalized spacial score (nSPS) is 16.8. The number of carbonyl (C=O) groups excluding carboxylic acids is 1. The summed E-state index contributed by atoms with van der Waals surface area (Å²) in [6.45, 7) is 18.3. The van der Waals surface area contributed by atoms with E-state index in [1.807, 2.05) is 39.8 Å². The van der Waals surface area contributed by atoms with Gasteiger partial charge in [0.15, 0.2) is 0 Å². The fourth-order valence-corrected chi connectivity index (χ4v) is 5.97. The molecule has 8 heteroatoms. The molecule has 2 aromatic rings. The van der Waals surface area contributed by atoms with Crippen LogP contribution in [0.4, 0.5) is 5.69 Å². The van der Waals surface area contributed by atoms with Crippen LogP contribution in [0.2, 0.25) is 0 Å². The molecule has 1 amide bonds. The molecule has 2 aliphatic heterocycles. The van der Waals surface area contributed by atoms with E-state index in [1.165, 1.54) is 0 Å². The van der Waals surface area contributed by atoms with E-state index in [2.05, 4.69) is 51.9 Å². The molecular weight excluding hydrogens is 528 g/mol. The van der Waals surface area contributed by atoms with Crippen molar-refractivity contribution in [3.8, 4) is 11.8 Å². The van der Waals surface area contributed by atoms with Gasteiger partial charge in [-0.05, 0) is 103 Å². The van der Waals surface area contributed by atoms with Crippen LogP contribution in [0.1, 0.15) is 78.3 Å². The van der Waals surface area contributed by atoms with Gasteiger partial charge in [-0.2, -0.15) is 0 Å². The number of likely N-dealkylation sites (tertiary alicyclic amines) is 1. The molecule has 2 fully saturated rings. The first-order chi connectivity index (χ1) is 20.2. The molecule has 2 N–H and O–H groups in total. The Morgan fingerprint density at radius 3 is 2.55 bits per heavy atom. The van der Waals surface area contributed by atoms with E-state index >= 15 is 0 Å². The molecule has 2 saturated heterocycles. The number of carbonyl (C=O) groups is 1. The second-order valence-electron chi connectivity index (χ2n) is 11.7. The number of piperidine rings is 1. The molecule has 1 atom stereocenters. The topological polar surface area (TPSA) is 86.9 Å². The van der Waals surface area contributed by atoms with Gasteiger partial charge >= 0.3 is 0 Å². The Balaban J connectivity index is 1.59. The molecule has 1 aromatic carbocycles. The van der Waals surface area contributed by atoms with Crippen LogP contribution in [0.15, 0.2) is 23.0 Å². The lowest BCUT2D eigenvalue weighted by Crippen LogP contribution is -2.51. The molecule has 2 aliphatic rings. The Morgan fingerprint density at radius 2 is 1.93 bits per heavy atom. The van der Waals surface area contributed by atoms with Crippen LogP contribution in [-0.2, 0) is 16.0 Å². The molecule has 1 aromatic heterocycles. The van der Waals surface area contributed by atoms with Gasteiger partial charge in [0.05, 0.1) is 19.3 Å². The number of H-pyrrole nitrogens is 1. The van der Waals surface area contributed by atoms with Crippen LogP contribution in [0, 0.1) is 38.5 Å². The third kappa shape index (κ3) is 7.83. The molecule has 228 valence electrons. The SMILES string of the molecule is CCOCCC(C)N(CC)c1cc(C#CC2CCN(C3COC3)CC2)cc(C(=O)NCc2c(C)cc(C)[nH]c2=O)c1C. The lowest BCUT2D eigenvalue weighted by atomic mass is 9.95. The van der Waals surface area contributed by atoms with Crippen molar-refractivity contribution >= 4 is 11.6 Å². The smallest absolute Gasteiger partial charge is 0.253 e. The van der Waals surface area contributed by atoms with E-state index < -0.39 is 0 Å². The van der Waals surface area contributed by atoms with Crippen molar-refractivity contribution in [1.82, 2.24) is 15.2 Å². The molecule has 42 heavy (non-hydrogen) atoms. The van der Waals surface area contributed by atoms with E-state index in [-0.39, 0.29) is 24.1 Å². The van der Waals surface area contributed by atoms with Gasteiger partial charge in [0.25, 0.3) is 11.5 Å². The summed E-state index contributed by atoms with van der Waals surface area (Å²) in [4.78, 5) is 33.9. The maximum absolute atomic E-state index is 13.6. The Kier molecular flexibility index (Phi) is 11.3. The van der Waals surface area contributed by atoms with Gasteiger partial charge in [-0.15, -0.1) is 0 Å². The number of anilines is 1. The van der Waals surface area contributed by atoms with E-state index in [9.17, 15) is 9.59 Å². The summed E-state index contributed by atoms with van der Waals surface area (Å²) in [5, 5.41) is 3.01. The fraction of sp³-hybridized carbons (Fsp3) is 0.588. The number of aromatic amines is 1. The fourth-order valence-electron chi connectivity index (χ4n) is 5.97. The number of pyridine rings is 1. The van der Waals surface area contributed by atoms with Gasteiger partial charge in [0.1, 0.15) is 0 Å². The number of nitrogens with zero attached hydrogens (tertiary/aromatic N) is 2. The van der Waals surface area contributed by atoms with Crippen LogP contribution in [0.3, 0.4) is 0 Å². The number of aryl methyl sites for hydroxylation is 2. The maximum atomic E-state index is 13.6. The Morgan fingerprint density at radius 1 is 1.19 bits per heavy atom. The van der Waals surface area contributed by atoms with Gasteiger partial charge in [-0.3, -0.25) is 14.5 Å². The van der Waals surface area contributed by atoms with Gasteiger partial charge in [-0.25, -0.2) is 0 Å². The summed E-state index contributed by atoms with van der Waals surface area (Å²) in [7, 11) is 0. The van der Waals surface area contributed by atoms with Gasteiger partial charge in [0, 0.05) is 66.3 Å². The van der Waals surface area contributed by atoms with Crippen molar-refractivity contribution in [1.29, 1.82) is 0 Å². The molecule has 1 unspecified atom stereocenters. The third-order valence-electron chi connectivity index (χ3n) is 8.70. The number of benzene rings is 1. The molecular formula is C34H48N4O4. The quantitative estimate of drug-likeness (QED) is 0.306. The Hall–Kier alpha value is -3.12. The molecule has 0 spiro atoms. The second-order valence-corrected chi connectivity index (χ2v) is 11.7. The lowest BCUT2D eigenvalue weighted by Gasteiger charge is -2.40. The van der Waals surface area contributed by atoms with Crippen LogP contribution in [0.25, 0.3) is 0 Å². The molecule has 0 aliphatic carbocycles. The summed E-state index contributed by atoms with van der Waals surface area (Å²) in [6.07, 6.45) is 2.99. The summed E-state index contributed by atoms with van der Waals surface area (Å²) in [5.41, 5.74) is 5.44. The largest absolute Gasteiger partial charge is 0.382 e. The van der Waals surface area contributed by atoms with E-state index in [4.69, 9.17) is 9.47 Å². The standard InChI is InChI=1S/C34H48N4O4/c1-7-38(25(5)13-16-41-8-2)32-19-28(10-9-27-11-14-37(15-12-27)29-21-42-22-29)18-30(26(32)6)33(39)35-20-31-23(3)17-24(4)36-34(31)40/h17-19,25,27,29H,7-8,11-16,20-22H2,1-6H3,(H,35,39)(H,36,40). The summed E-state index contributed by atoms with van der Waals surface area (Å²) < 4.78 is 11.0. The number of hydrogen-bond acceptors (Lipinski definition) is 6. The first-order valence-electron chi connectivity index (χ1n) is 15.5. The van der Waals surface area contributed by atoms with Gasteiger partial charge in [0.2, 0.25) is 0 Å². The number of aromatic nitrogens is 1. The van der Waals surface area contributed by atoms with E-state index in [1.54, 1.807) is 0 Å². The predicted molar refractivity (Wildman–Crippen MR) is 168 cm³/mol. The van der Waals surface area contributed by atoms with E-state index in [0.717, 1.165) is 80.2 Å². The van der Waals surface area contributed by atoms with Gasteiger partial charge in [-0.1, -0.05) is 11.8 Å². The Bertz CT molecular complexity index is 1350. The van der Waals surface area contributed by atoms with E-state index in [0.29, 0.717) is 36.3 Å². The average molecular weight is 577 g/mol. The van der Waals surface area contributed by atoms with Crippen molar-refractivity contribution in [2.45, 2.75) is 79.4 Å². The summed E-state index contributed by atoms with van der Waals surface area (Å²) in [6, 6.07) is 6.77. The molecule has 4 rings (SSSR count). The Labute approximate surface area is 251 Å².